The Morgan fingerprint density at radius 2 is 1.83 bits per heavy atom. The molecule has 1 amide bonds. The van der Waals surface area contributed by atoms with Gasteiger partial charge in [-0.15, -0.1) is 0 Å². The number of anilines is 1. The van der Waals surface area contributed by atoms with E-state index in [-0.39, 0.29) is 11.5 Å². The van der Waals surface area contributed by atoms with Crippen molar-refractivity contribution >= 4 is 56.7 Å². The number of aryl methyl sites for hydroxylation is 1. The van der Waals surface area contributed by atoms with E-state index in [4.69, 9.17) is 9.41 Å². The van der Waals surface area contributed by atoms with Gasteiger partial charge in [0, 0.05) is 23.7 Å². The number of carbonyl (C=O) groups is 1. The maximum atomic E-state index is 13.9. The van der Waals surface area contributed by atoms with Gasteiger partial charge in [-0.3, -0.25) is 14.2 Å². The second-order valence-corrected chi connectivity index (χ2v) is 12.0. The van der Waals surface area contributed by atoms with E-state index in [0.717, 1.165) is 15.7 Å². The fourth-order valence-corrected chi connectivity index (χ4v) is 6.82. The normalized spacial score (nSPS) is 15.0. The third-order valence-electron chi connectivity index (χ3n) is 6.32. The molecule has 1 aliphatic rings. The Morgan fingerprint density at radius 1 is 1.10 bits per heavy atom. The number of hydrogen-bond donors (Lipinski definition) is 1. The quantitative estimate of drug-likeness (QED) is 0.246. The molecule has 0 unspecified atom stereocenters. The van der Waals surface area contributed by atoms with E-state index >= 15 is 0 Å². The molecule has 0 bridgehead atoms. The molecule has 3 aromatic heterocycles. The van der Waals surface area contributed by atoms with Crippen molar-refractivity contribution in [3.63, 3.8) is 0 Å². The van der Waals surface area contributed by atoms with Crippen LogP contribution in [0.25, 0.3) is 6.08 Å². The molecule has 1 aliphatic heterocycles. The van der Waals surface area contributed by atoms with Crippen molar-refractivity contribution in [2.45, 2.75) is 30.1 Å². The van der Waals surface area contributed by atoms with Gasteiger partial charge in [0.2, 0.25) is 0 Å². The van der Waals surface area contributed by atoms with Crippen molar-refractivity contribution in [1.29, 1.82) is 0 Å². The fraction of sp³-hybridized carbons (Fsp3) is 0.100. The predicted molar refractivity (Wildman–Crippen MR) is 163 cm³/mol. The maximum absolute atomic E-state index is 13.9. The highest BCUT2D eigenvalue weighted by atomic mass is 79.9. The van der Waals surface area contributed by atoms with Gasteiger partial charge in [0.05, 0.1) is 26.3 Å². The van der Waals surface area contributed by atoms with Gasteiger partial charge >= 0.3 is 0 Å². The number of carbonyl (C=O) groups excluding carboxylic acids is 1. The minimum atomic E-state index is -0.647. The van der Waals surface area contributed by atoms with Crippen LogP contribution < -0.4 is 20.2 Å². The summed E-state index contributed by atoms with van der Waals surface area (Å²) in [5, 5.41) is 4.10. The Morgan fingerprint density at radius 3 is 2.56 bits per heavy atom. The molecule has 1 N–H and O–H groups in total. The van der Waals surface area contributed by atoms with Gasteiger partial charge in [0.15, 0.2) is 15.1 Å². The molecule has 4 heterocycles. The van der Waals surface area contributed by atoms with Crippen LogP contribution in [-0.2, 0) is 4.79 Å². The Bertz CT molecular complexity index is 1980. The monoisotopic (exact) mass is 643 g/mol. The lowest BCUT2D eigenvalue weighted by atomic mass is 9.95. The van der Waals surface area contributed by atoms with Crippen LogP contribution in [0.15, 0.2) is 119 Å². The summed E-state index contributed by atoms with van der Waals surface area (Å²) in [7, 11) is 0. The highest BCUT2D eigenvalue weighted by molar-refractivity contribution is 9.10. The largest absolute Gasteiger partial charge is 0.449 e. The lowest BCUT2D eigenvalue weighted by molar-refractivity contribution is -0.113. The average Bonchev–Trinajstić information content (AvgIpc) is 3.46. The van der Waals surface area contributed by atoms with Crippen molar-refractivity contribution in [2.75, 3.05) is 5.32 Å². The van der Waals surface area contributed by atoms with Crippen LogP contribution in [0.5, 0.6) is 0 Å². The molecule has 1 atom stereocenters. The smallest absolute Gasteiger partial charge is 0.271 e. The van der Waals surface area contributed by atoms with Crippen molar-refractivity contribution in [3.05, 3.63) is 131 Å². The van der Waals surface area contributed by atoms with Crippen molar-refractivity contribution in [2.24, 2.45) is 4.99 Å². The first kappa shape index (κ1) is 27.1. The number of amides is 1. The van der Waals surface area contributed by atoms with Crippen LogP contribution >= 0.6 is 39.0 Å². The number of allylic oxidation sites excluding steroid dienone is 1. The van der Waals surface area contributed by atoms with E-state index in [2.05, 4.69) is 31.2 Å². The van der Waals surface area contributed by atoms with Gasteiger partial charge in [0.25, 0.3) is 11.5 Å². The number of thiazole rings is 1. The second-order valence-electron chi connectivity index (χ2n) is 9.18. The second kappa shape index (κ2) is 11.4. The number of aromatic nitrogens is 3. The van der Waals surface area contributed by atoms with E-state index in [9.17, 15) is 9.59 Å². The summed E-state index contributed by atoms with van der Waals surface area (Å²) in [6, 6.07) is 21.7. The summed E-state index contributed by atoms with van der Waals surface area (Å²) in [6.07, 6.45) is 3.39. The number of furan rings is 1. The molecule has 6 rings (SSSR count). The summed E-state index contributed by atoms with van der Waals surface area (Å²) in [4.78, 5) is 41.4. The van der Waals surface area contributed by atoms with Crippen LogP contribution in [0.4, 0.5) is 5.69 Å². The molecule has 0 spiro atoms. The third kappa shape index (κ3) is 5.61. The average molecular weight is 645 g/mol. The summed E-state index contributed by atoms with van der Waals surface area (Å²) in [5.74, 6) is 0.182. The SMILES string of the molecule is CC1=C(C(=O)Nc2ccccc2)[C@@H](c2ccccc2)n2c(s/c(=C/c3cc(Br)c(Sc4nccc(C)n4)o3)c2=O)=N1. The van der Waals surface area contributed by atoms with E-state index in [0.29, 0.717) is 42.3 Å². The molecule has 2 aromatic carbocycles. The first-order chi connectivity index (χ1) is 19.9. The summed E-state index contributed by atoms with van der Waals surface area (Å²) in [5.41, 5.74) is 3.03. The van der Waals surface area contributed by atoms with Gasteiger partial charge in [-0.25, -0.2) is 15.0 Å². The van der Waals surface area contributed by atoms with Crippen LogP contribution in [0.3, 0.4) is 0 Å². The molecule has 5 aromatic rings. The Labute approximate surface area is 251 Å². The van der Waals surface area contributed by atoms with Gasteiger partial charge in [-0.1, -0.05) is 59.9 Å². The minimum absolute atomic E-state index is 0.260. The van der Waals surface area contributed by atoms with Gasteiger partial charge in [-0.2, -0.15) is 0 Å². The van der Waals surface area contributed by atoms with Crippen molar-refractivity contribution in [3.8, 4) is 0 Å². The number of para-hydroxylation sites is 1. The Hall–Kier alpha value is -4.06. The predicted octanol–water partition coefficient (Wildman–Crippen LogP) is 5.48. The molecule has 0 fully saturated rings. The molecular weight excluding hydrogens is 622 g/mol. The Balaban J connectivity index is 1.41. The Kier molecular flexibility index (Phi) is 7.57. The van der Waals surface area contributed by atoms with Crippen molar-refractivity contribution in [1.82, 2.24) is 14.5 Å². The lowest BCUT2D eigenvalue weighted by Crippen LogP contribution is -2.40. The zero-order valence-corrected chi connectivity index (χ0v) is 25.1. The third-order valence-corrected chi connectivity index (χ3v) is 9.02. The van der Waals surface area contributed by atoms with Crippen molar-refractivity contribution < 1.29 is 9.21 Å². The highest BCUT2D eigenvalue weighted by Crippen LogP contribution is 2.35. The summed E-state index contributed by atoms with van der Waals surface area (Å²) in [6.45, 7) is 3.70. The first-order valence-electron chi connectivity index (χ1n) is 12.6. The van der Waals surface area contributed by atoms with E-state index < -0.39 is 6.04 Å². The first-order valence-corrected chi connectivity index (χ1v) is 15.0. The molecule has 0 aliphatic carbocycles. The molecular formula is C30H22BrN5O3S2. The zero-order valence-electron chi connectivity index (χ0n) is 21.9. The fourth-order valence-electron chi connectivity index (χ4n) is 4.48. The number of benzene rings is 2. The molecule has 8 nitrogen and oxygen atoms in total. The zero-order chi connectivity index (χ0) is 28.5. The number of nitrogens with zero attached hydrogens (tertiary/aromatic N) is 4. The minimum Gasteiger partial charge on any atom is -0.449 e. The topological polar surface area (TPSA) is 102 Å². The van der Waals surface area contributed by atoms with Crippen LogP contribution in [0.1, 0.15) is 30.0 Å². The van der Waals surface area contributed by atoms with Crippen LogP contribution in [0.2, 0.25) is 0 Å². The van der Waals surface area contributed by atoms with Gasteiger partial charge in [-0.05, 0) is 71.4 Å². The highest BCUT2D eigenvalue weighted by Gasteiger charge is 2.32. The number of fused-ring (bicyclic) bond motifs is 1. The molecule has 41 heavy (non-hydrogen) atoms. The molecule has 0 saturated carbocycles. The number of hydrogen-bond acceptors (Lipinski definition) is 8. The molecule has 0 radical (unpaired) electrons. The summed E-state index contributed by atoms with van der Waals surface area (Å²) >= 11 is 6.08. The number of nitrogens with one attached hydrogen (secondary N) is 1. The van der Waals surface area contributed by atoms with E-state index in [1.807, 2.05) is 73.7 Å². The molecule has 204 valence electrons. The summed E-state index contributed by atoms with van der Waals surface area (Å²) < 4.78 is 8.79. The lowest BCUT2D eigenvalue weighted by Gasteiger charge is -2.25. The standard InChI is InChI=1S/C30H22BrN5O3S2/c1-17-13-14-32-29(33-17)41-28-22(31)15-21(39-28)16-23-27(38)36-25(19-9-5-3-6-10-19)24(18(2)34-30(36)40-23)26(37)35-20-11-7-4-8-12-20/h3-16,25H,1-2H3,(H,35,37)/b23-16+/t25-/m1/s1. The van der Waals surface area contributed by atoms with Gasteiger partial charge < -0.3 is 9.73 Å². The maximum Gasteiger partial charge on any atom is 0.271 e. The van der Waals surface area contributed by atoms with Crippen LogP contribution in [0, 0.1) is 6.92 Å². The molecule has 11 heteroatoms. The number of halogens is 1. The molecule has 0 saturated heterocycles. The van der Waals surface area contributed by atoms with E-state index in [1.54, 1.807) is 29.8 Å². The van der Waals surface area contributed by atoms with Crippen LogP contribution in [-0.4, -0.2) is 20.4 Å². The van der Waals surface area contributed by atoms with Gasteiger partial charge in [0.1, 0.15) is 5.76 Å². The van der Waals surface area contributed by atoms with E-state index in [1.165, 1.54) is 23.1 Å². The number of rotatable bonds is 6.